The number of nitrogen functional groups attached to an aromatic ring is 1. The number of nitrogens with one attached hydrogen (secondary N) is 1. The quantitative estimate of drug-likeness (QED) is 0.850. The van der Waals surface area contributed by atoms with Crippen molar-refractivity contribution in [3.8, 4) is 0 Å². The van der Waals surface area contributed by atoms with Crippen LogP contribution in [0.3, 0.4) is 0 Å². The van der Waals surface area contributed by atoms with Crippen LogP contribution in [0.1, 0.15) is 25.5 Å². The molecule has 0 saturated carbocycles. The van der Waals surface area contributed by atoms with Crippen molar-refractivity contribution in [3.05, 3.63) is 35.1 Å². The number of hydrogen-bond acceptors (Lipinski definition) is 5. The molecule has 2 aromatic rings. The molecule has 0 atom stereocenters. The summed E-state index contributed by atoms with van der Waals surface area (Å²) in [5, 5.41) is 2.04. The second-order valence-electron chi connectivity index (χ2n) is 4.52. The fraction of sp³-hybridized carbons (Fsp3) is 0.250. The molecule has 3 N–H and O–H groups in total. The van der Waals surface area contributed by atoms with E-state index in [4.69, 9.17) is 5.73 Å². The molecule has 0 aliphatic carbocycles. The molecule has 5 nitrogen and oxygen atoms in total. The van der Waals surface area contributed by atoms with Crippen LogP contribution in [0.2, 0.25) is 0 Å². The van der Waals surface area contributed by atoms with Crippen molar-refractivity contribution in [3.63, 3.8) is 0 Å². The lowest BCUT2D eigenvalue weighted by Crippen LogP contribution is -2.13. The number of benzene rings is 1. The van der Waals surface area contributed by atoms with Gasteiger partial charge in [-0.3, -0.25) is 4.72 Å². The third kappa shape index (κ3) is 3.07. The van der Waals surface area contributed by atoms with Crippen LogP contribution in [-0.4, -0.2) is 13.4 Å². The molecule has 0 radical (unpaired) electrons. The van der Waals surface area contributed by atoms with E-state index < -0.39 is 15.8 Å². The van der Waals surface area contributed by atoms with Crippen LogP contribution in [-0.2, 0) is 10.0 Å². The molecule has 8 heteroatoms. The van der Waals surface area contributed by atoms with Crippen molar-refractivity contribution in [2.75, 3.05) is 10.5 Å². The zero-order chi connectivity index (χ0) is 14.9. The zero-order valence-corrected chi connectivity index (χ0v) is 12.6. The molecule has 2 rings (SSSR count). The predicted octanol–water partition coefficient (Wildman–Crippen LogP) is 2.79. The van der Waals surface area contributed by atoms with Crippen molar-refractivity contribution in [2.24, 2.45) is 0 Å². The first-order valence-electron chi connectivity index (χ1n) is 5.83. The van der Waals surface area contributed by atoms with Gasteiger partial charge < -0.3 is 5.73 Å². The summed E-state index contributed by atoms with van der Waals surface area (Å²) in [7, 11) is -3.86. The Morgan fingerprint density at radius 3 is 2.65 bits per heavy atom. The highest BCUT2D eigenvalue weighted by Crippen LogP contribution is 2.24. The molecule has 0 unspecified atom stereocenters. The van der Waals surface area contributed by atoms with Gasteiger partial charge in [-0.05, 0) is 24.1 Å². The van der Waals surface area contributed by atoms with E-state index in [0.717, 1.165) is 11.8 Å². The Kier molecular flexibility index (Phi) is 3.96. The Hall–Kier alpha value is -1.67. The third-order valence-electron chi connectivity index (χ3n) is 2.62. The van der Waals surface area contributed by atoms with Crippen molar-refractivity contribution in [1.29, 1.82) is 0 Å². The highest BCUT2D eigenvalue weighted by molar-refractivity contribution is 7.93. The van der Waals surface area contributed by atoms with E-state index in [2.05, 4.69) is 9.71 Å². The summed E-state index contributed by atoms with van der Waals surface area (Å²) in [6, 6.07) is 3.34. The van der Waals surface area contributed by atoms with E-state index in [1.54, 1.807) is 5.38 Å². The smallest absolute Gasteiger partial charge is 0.263 e. The molecule has 0 spiro atoms. The SMILES string of the molecule is CC(C)c1csc(NS(=O)(=O)c2ccc(N)c(F)c2)n1. The molecule has 0 bridgehead atoms. The summed E-state index contributed by atoms with van der Waals surface area (Å²) in [4.78, 5) is 3.98. The topological polar surface area (TPSA) is 85.1 Å². The second kappa shape index (κ2) is 5.37. The Morgan fingerprint density at radius 2 is 2.10 bits per heavy atom. The molecule has 0 amide bonds. The van der Waals surface area contributed by atoms with Crippen LogP contribution in [0.15, 0.2) is 28.5 Å². The Labute approximate surface area is 120 Å². The van der Waals surface area contributed by atoms with Gasteiger partial charge in [0.05, 0.1) is 16.3 Å². The summed E-state index contributed by atoms with van der Waals surface area (Å²) in [6.45, 7) is 3.92. The number of sulfonamides is 1. The van der Waals surface area contributed by atoms with Gasteiger partial charge in [-0.25, -0.2) is 17.8 Å². The highest BCUT2D eigenvalue weighted by atomic mass is 32.2. The summed E-state index contributed by atoms with van der Waals surface area (Å²) in [5.41, 5.74) is 6.03. The molecule has 0 saturated heterocycles. The van der Waals surface area contributed by atoms with E-state index in [0.29, 0.717) is 0 Å². The van der Waals surface area contributed by atoms with Gasteiger partial charge in [-0.2, -0.15) is 0 Å². The number of hydrogen-bond donors (Lipinski definition) is 2. The third-order valence-corrected chi connectivity index (χ3v) is 4.86. The fourth-order valence-electron chi connectivity index (χ4n) is 1.45. The van der Waals surface area contributed by atoms with Gasteiger partial charge in [0.25, 0.3) is 10.0 Å². The summed E-state index contributed by atoms with van der Waals surface area (Å²) >= 11 is 1.19. The zero-order valence-electron chi connectivity index (χ0n) is 10.9. The standard InChI is InChI=1S/C12H14FN3O2S2/c1-7(2)11-6-19-12(15-11)16-20(17,18)8-3-4-10(14)9(13)5-8/h3-7H,14H2,1-2H3,(H,15,16). The van der Waals surface area contributed by atoms with Crippen LogP contribution in [0.4, 0.5) is 15.2 Å². The average molecular weight is 315 g/mol. The maximum atomic E-state index is 13.3. The first kappa shape index (κ1) is 14.7. The number of nitrogens with zero attached hydrogens (tertiary/aromatic N) is 1. The lowest BCUT2D eigenvalue weighted by molar-refractivity contribution is 0.596. The highest BCUT2D eigenvalue weighted by Gasteiger charge is 2.18. The Morgan fingerprint density at radius 1 is 1.40 bits per heavy atom. The summed E-state index contributed by atoms with van der Waals surface area (Å²) < 4.78 is 39.8. The molecule has 1 aromatic carbocycles. The summed E-state index contributed by atoms with van der Waals surface area (Å²) in [6.07, 6.45) is 0. The van der Waals surface area contributed by atoms with E-state index in [1.165, 1.54) is 23.5 Å². The minimum absolute atomic E-state index is 0.0970. The van der Waals surface area contributed by atoms with Gasteiger partial charge in [-0.1, -0.05) is 13.8 Å². The molecular formula is C12H14FN3O2S2. The van der Waals surface area contributed by atoms with Crippen molar-refractivity contribution < 1.29 is 12.8 Å². The van der Waals surface area contributed by atoms with Crippen LogP contribution in [0.25, 0.3) is 0 Å². The van der Waals surface area contributed by atoms with Crippen LogP contribution in [0.5, 0.6) is 0 Å². The summed E-state index contributed by atoms with van der Waals surface area (Å²) in [5.74, 6) is -0.562. The van der Waals surface area contributed by atoms with Gasteiger partial charge in [0.1, 0.15) is 5.82 Å². The molecule has 1 aromatic heterocycles. The van der Waals surface area contributed by atoms with E-state index in [9.17, 15) is 12.8 Å². The molecule has 0 aliphatic rings. The van der Waals surface area contributed by atoms with E-state index in [1.807, 2.05) is 13.8 Å². The number of thiazole rings is 1. The number of anilines is 2. The number of nitrogens with two attached hydrogens (primary N) is 1. The monoisotopic (exact) mass is 315 g/mol. The number of aromatic nitrogens is 1. The Balaban J connectivity index is 2.28. The number of rotatable bonds is 4. The lowest BCUT2D eigenvalue weighted by atomic mass is 10.2. The number of halogens is 1. The average Bonchev–Trinajstić information content (AvgIpc) is 2.80. The van der Waals surface area contributed by atoms with Crippen molar-refractivity contribution in [1.82, 2.24) is 4.98 Å². The maximum absolute atomic E-state index is 13.3. The second-order valence-corrected chi connectivity index (χ2v) is 7.06. The van der Waals surface area contributed by atoms with Gasteiger partial charge in [0.15, 0.2) is 5.13 Å². The Bertz CT molecular complexity index is 726. The molecule has 0 aliphatic heterocycles. The predicted molar refractivity (Wildman–Crippen MR) is 77.8 cm³/mol. The molecule has 0 fully saturated rings. The minimum atomic E-state index is -3.86. The van der Waals surface area contributed by atoms with Gasteiger partial charge in [0, 0.05) is 5.38 Å². The van der Waals surface area contributed by atoms with E-state index >= 15 is 0 Å². The largest absolute Gasteiger partial charge is 0.396 e. The first-order chi connectivity index (χ1) is 9.29. The molecular weight excluding hydrogens is 301 g/mol. The minimum Gasteiger partial charge on any atom is -0.396 e. The van der Waals surface area contributed by atoms with Crippen molar-refractivity contribution in [2.45, 2.75) is 24.7 Å². The van der Waals surface area contributed by atoms with Crippen LogP contribution in [0, 0.1) is 5.82 Å². The van der Waals surface area contributed by atoms with Crippen LogP contribution < -0.4 is 10.5 Å². The van der Waals surface area contributed by atoms with Crippen LogP contribution >= 0.6 is 11.3 Å². The van der Waals surface area contributed by atoms with Gasteiger partial charge in [-0.15, -0.1) is 11.3 Å². The van der Waals surface area contributed by atoms with Crippen molar-refractivity contribution >= 4 is 32.2 Å². The first-order valence-corrected chi connectivity index (χ1v) is 8.19. The van der Waals surface area contributed by atoms with E-state index in [-0.39, 0.29) is 21.6 Å². The van der Waals surface area contributed by atoms with Gasteiger partial charge in [0.2, 0.25) is 0 Å². The normalized spacial score (nSPS) is 11.8. The molecule has 20 heavy (non-hydrogen) atoms. The molecule has 1 heterocycles. The molecule has 108 valence electrons. The van der Waals surface area contributed by atoms with Gasteiger partial charge >= 0.3 is 0 Å². The lowest BCUT2D eigenvalue weighted by Gasteiger charge is -2.06. The fourth-order valence-corrected chi connectivity index (χ4v) is 3.58. The maximum Gasteiger partial charge on any atom is 0.263 e.